The van der Waals surface area contributed by atoms with Crippen LogP contribution in [-0.4, -0.2) is 41.5 Å². The molecule has 0 heterocycles. The number of rotatable bonds is 6. The molecule has 0 aromatic heterocycles. The van der Waals surface area contributed by atoms with Crippen LogP contribution in [0, 0.1) is 5.41 Å². The van der Waals surface area contributed by atoms with Gasteiger partial charge in [-0.3, -0.25) is 0 Å². The molecular weight excluding hydrogens is 410 g/mol. The molecule has 158 valence electrons. The lowest BCUT2D eigenvalue weighted by atomic mass is 9.79. The predicted octanol–water partition coefficient (Wildman–Crippen LogP) is 6.50. The number of halogens is 14. The summed E-state index contributed by atoms with van der Waals surface area (Å²) in [5, 5.41) is 0. The Labute approximate surface area is 137 Å². The zero-order valence-corrected chi connectivity index (χ0v) is 13.3. The van der Waals surface area contributed by atoms with Crippen LogP contribution in [0.5, 0.6) is 0 Å². The van der Waals surface area contributed by atoms with E-state index in [0.29, 0.717) is 0 Å². The SMILES string of the molecule is CC(C)(C)C(F)(F)C(F)(F)C(F)(F)C(F)(F)C(F)(F)C(F)(F)C(C)(F)F. The number of hydrogen-bond donors (Lipinski definition) is 0. The second-order valence-electron chi connectivity index (χ2n) is 6.58. The molecule has 0 aliphatic rings. The third kappa shape index (κ3) is 2.90. The van der Waals surface area contributed by atoms with Gasteiger partial charge >= 0.3 is 41.5 Å². The first-order chi connectivity index (χ1) is 10.8. The van der Waals surface area contributed by atoms with Gasteiger partial charge in [0.25, 0.3) is 0 Å². The van der Waals surface area contributed by atoms with Crippen molar-refractivity contribution in [1.29, 1.82) is 0 Å². The maximum atomic E-state index is 13.5. The van der Waals surface area contributed by atoms with Gasteiger partial charge in [-0.15, -0.1) is 0 Å². The van der Waals surface area contributed by atoms with Crippen molar-refractivity contribution in [2.75, 3.05) is 0 Å². The Balaban J connectivity index is 6.61. The molecular formula is C12H12F14. The summed E-state index contributed by atoms with van der Waals surface area (Å²) in [5.74, 6) is -50.5. The van der Waals surface area contributed by atoms with E-state index in [1.807, 2.05) is 0 Å². The van der Waals surface area contributed by atoms with Crippen LogP contribution in [-0.2, 0) is 0 Å². The second kappa shape index (κ2) is 5.76. The minimum absolute atomic E-state index is 0.141. The van der Waals surface area contributed by atoms with Crippen molar-refractivity contribution >= 4 is 0 Å². The second-order valence-corrected chi connectivity index (χ2v) is 6.58. The Morgan fingerprint density at radius 1 is 0.308 bits per heavy atom. The molecule has 0 N–H and O–H groups in total. The van der Waals surface area contributed by atoms with E-state index in [4.69, 9.17) is 0 Å². The molecule has 26 heavy (non-hydrogen) atoms. The van der Waals surface area contributed by atoms with E-state index >= 15 is 0 Å². The van der Waals surface area contributed by atoms with Crippen molar-refractivity contribution in [1.82, 2.24) is 0 Å². The van der Waals surface area contributed by atoms with E-state index < -0.39 is 53.8 Å². The van der Waals surface area contributed by atoms with Crippen LogP contribution in [0.3, 0.4) is 0 Å². The molecule has 0 radical (unpaired) electrons. The molecule has 0 saturated heterocycles. The van der Waals surface area contributed by atoms with Crippen molar-refractivity contribution in [2.45, 2.75) is 69.2 Å². The normalized spacial score (nSPS) is 16.8. The first-order valence-corrected chi connectivity index (χ1v) is 6.40. The molecule has 0 aromatic carbocycles. The van der Waals surface area contributed by atoms with E-state index in [-0.39, 0.29) is 20.8 Å². The summed E-state index contributed by atoms with van der Waals surface area (Å²) >= 11 is 0. The van der Waals surface area contributed by atoms with Gasteiger partial charge in [0.05, 0.1) is 0 Å². The molecule has 0 unspecified atom stereocenters. The molecule has 0 rings (SSSR count). The van der Waals surface area contributed by atoms with Gasteiger partial charge < -0.3 is 0 Å². The van der Waals surface area contributed by atoms with Crippen LogP contribution >= 0.6 is 0 Å². The van der Waals surface area contributed by atoms with Crippen LogP contribution in [0.15, 0.2) is 0 Å². The summed E-state index contributed by atoms with van der Waals surface area (Å²) in [5.41, 5.74) is -3.23. The zero-order chi connectivity index (χ0) is 22.0. The summed E-state index contributed by atoms with van der Waals surface area (Å²) in [4.78, 5) is 0. The Morgan fingerprint density at radius 3 is 0.692 bits per heavy atom. The third-order valence-electron chi connectivity index (χ3n) is 3.46. The fraction of sp³-hybridized carbons (Fsp3) is 1.00. The molecule has 0 spiro atoms. The van der Waals surface area contributed by atoms with Gasteiger partial charge in [0.15, 0.2) is 0 Å². The molecule has 0 bridgehead atoms. The number of hydrogen-bond acceptors (Lipinski definition) is 0. The monoisotopic (exact) mass is 422 g/mol. The highest BCUT2D eigenvalue weighted by Gasteiger charge is 2.92. The van der Waals surface area contributed by atoms with Gasteiger partial charge in [0.2, 0.25) is 0 Å². The fourth-order valence-electron chi connectivity index (χ4n) is 1.54. The van der Waals surface area contributed by atoms with Crippen molar-refractivity contribution in [2.24, 2.45) is 5.41 Å². The molecule has 0 aromatic rings. The van der Waals surface area contributed by atoms with Crippen molar-refractivity contribution in [3.63, 3.8) is 0 Å². The Kier molecular flexibility index (Phi) is 5.54. The highest BCUT2D eigenvalue weighted by molar-refractivity contribution is 5.14. The minimum Gasteiger partial charge on any atom is -0.200 e. The largest absolute Gasteiger partial charge is 0.384 e. The van der Waals surface area contributed by atoms with Gasteiger partial charge in [0, 0.05) is 12.3 Å². The van der Waals surface area contributed by atoms with Gasteiger partial charge in [-0.25, -0.2) is 0 Å². The lowest BCUT2D eigenvalue weighted by Gasteiger charge is -2.44. The van der Waals surface area contributed by atoms with E-state index in [2.05, 4.69) is 0 Å². The van der Waals surface area contributed by atoms with Gasteiger partial charge in [-0.05, 0) is 0 Å². The third-order valence-corrected chi connectivity index (χ3v) is 3.46. The highest BCUT2D eigenvalue weighted by Crippen LogP contribution is 2.63. The molecule has 0 saturated carbocycles. The molecule has 0 atom stereocenters. The number of alkyl halides is 14. The molecule has 0 fully saturated rings. The average Bonchev–Trinajstić information content (AvgIpc) is 2.34. The molecule has 0 amide bonds. The molecule has 14 heteroatoms. The highest BCUT2D eigenvalue weighted by atomic mass is 19.4. The van der Waals surface area contributed by atoms with E-state index in [1.54, 1.807) is 0 Å². The van der Waals surface area contributed by atoms with Crippen LogP contribution in [0.25, 0.3) is 0 Å². The summed E-state index contributed by atoms with van der Waals surface area (Å²) in [6, 6.07) is 0. The van der Waals surface area contributed by atoms with Crippen molar-refractivity contribution in [3.8, 4) is 0 Å². The van der Waals surface area contributed by atoms with Crippen LogP contribution in [0.4, 0.5) is 61.5 Å². The van der Waals surface area contributed by atoms with Crippen LogP contribution in [0.1, 0.15) is 27.7 Å². The van der Waals surface area contributed by atoms with Crippen LogP contribution < -0.4 is 0 Å². The fourth-order valence-corrected chi connectivity index (χ4v) is 1.54. The Morgan fingerprint density at radius 2 is 0.500 bits per heavy atom. The summed E-state index contributed by atoms with van der Waals surface area (Å²) < 4.78 is 184. The lowest BCUT2D eigenvalue weighted by Crippen LogP contribution is -2.73. The quantitative estimate of drug-likeness (QED) is 0.429. The average molecular weight is 422 g/mol. The Bertz CT molecular complexity index is 471. The first-order valence-electron chi connectivity index (χ1n) is 6.40. The topological polar surface area (TPSA) is 0 Å². The molecule has 0 aliphatic carbocycles. The smallest absolute Gasteiger partial charge is 0.200 e. The van der Waals surface area contributed by atoms with Gasteiger partial charge in [0.1, 0.15) is 0 Å². The van der Waals surface area contributed by atoms with Gasteiger partial charge in [-0.1, -0.05) is 20.8 Å². The van der Waals surface area contributed by atoms with E-state index in [1.165, 1.54) is 0 Å². The summed E-state index contributed by atoms with van der Waals surface area (Å²) in [6.45, 7) is -0.650. The minimum atomic E-state index is -7.98. The van der Waals surface area contributed by atoms with Gasteiger partial charge in [-0.2, -0.15) is 61.5 Å². The van der Waals surface area contributed by atoms with Crippen LogP contribution in [0.2, 0.25) is 0 Å². The first kappa shape index (κ1) is 25.0. The van der Waals surface area contributed by atoms with E-state index in [0.717, 1.165) is 0 Å². The predicted molar refractivity (Wildman–Crippen MR) is 59.8 cm³/mol. The maximum Gasteiger partial charge on any atom is 0.384 e. The van der Waals surface area contributed by atoms with Crippen molar-refractivity contribution < 1.29 is 61.5 Å². The van der Waals surface area contributed by atoms with Crippen molar-refractivity contribution in [3.05, 3.63) is 0 Å². The summed E-state index contributed by atoms with van der Waals surface area (Å²) in [6.07, 6.45) is 0. The zero-order valence-electron chi connectivity index (χ0n) is 13.3. The van der Waals surface area contributed by atoms with E-state index in [9.17, 15) is 61.5 Å². The molecule has 0 aliphatic heterocycles. The lowest BCUT2D eigenvalue weighted by molar-refractivity contribution is -0.446. The standard InChI is InChI=1S/C12H12F14/c1-5(2,3)7(15,16)9(19,20)11(23,24)12(25,26)10(21,22)8(17,18)6(4,13)14/h1-4H3. The maximum absolute atomic E-state index is 13.5. The summed E-state index contributed by atoms with van der Waals surface area (Å²) in [7, 11) is 0. The Hall–Kier alpha value is -0.980. The molecule has 0 nitrogen and oxygen atoms in total.